The molecule has 1 N–H and O–H groups in total. The molecular formula is C13H17ClFNS. The van der Waals surface area contributed by atoms with E-state index in [9.17, 15) is 4.39 Å². The number of halogens is 2. The Morgan fingerprint density at radius 3 is 3.00 bits per heavy atom. The first-order valence-corrected chi connectivity index (χ1v) is 7.49. The lowest BCUT2D eigenvalue weighted by Gasteiger charge is -2.27. The molecule has 1 aromatic rings. The van der Waals surface area contributed by atoms with E-state index in [1.165, 1.54) is 30.7 Å². The van der Waals surface area contributed by atoms with Gasteiger partial charge in [0.15, 0.2) is 0 Å². The van der Waals surface area contributed by atoms with Crippen LogP contribution < -0.4 is 5.32 Å². The van der Waals surface area contributed by atoms with Crippen molar-refractivity contribution >= 4 is 23.4 Å². The summed E-state index contributed by atoms with van der Waals surface area (Å²) in [6.45, 7) is 2.08. The number of rotatable bonds is 3. The van der Waals surface area contributed by atoms with Crippen LogP contribution in [0.1, 0.15) is 31.4 Å². The molecule has 0 amide bonds. The maximum Gasteiger partial charge on any atom is 0.124 e. The molecule has 0 aliphatic carbocycles. The minimum absolute atomic E-state index is 0.173. The maximum absolute atomic E-state index is 13.0. The summed E-state index contributed by atoms with van der Waals surface area (Å²) in [6, 6.07) is 5.34. The van der Waals surface area contributed by atoms with Crippen molar-refractivity contribution in [1.29, 1.82) is 0 Å². The standard InChI is InChI=1S/C13H17ClFNS/c1-9(16-11-3-2-6-17-8-11)12-5-4-10(15)7-13(12)14/h4-5,7,9,11,16H,2-3,6,8H2,1H3. The Balaban J connectivity index is 2.00. The normalized spacial score (nSPS) is 22.4. The average Bonchev–Trinajstić information content (AvgIpc) is 2.30. The largest absolute Gasteiger partial charge is 0.307 e. The molecule has 17 heavy (non-hydrogen) atoms. The van der Waals surface area contributed by atoms with E-state index in [2.05, 4.69) is 12.2 Å². The lowest BCUT2D eigenvalue weighted by Crippen LogP contribution is -2.35. The van der Waals surface area contributed by atoms with Crippen molar-refractivity contribution in [1.82, 2.24) is 5.32 Å². The second-order valence-electron chi connectivity index (χ2n) is 4.47. The lowest BCUT2D eigenvalue weighted by molar-refractivity contribution is 0.452. The van der Waals surface area contributed by atoms with Gasteiger partial charge in [0.25, 0.3) is 0 Å². The van der Waals surface area contributed by atoms with Gasteiger partial charge in [-0.3, -0.25) is 0 Å². The van der Waals surface area contributed by atoms with Gasteiger partial charge >= 0.3 is 0 Å². The number of hydrogen-bond donors (Lipinski definition) is 1. The molecule has 0 aromatic heterocycles. The molecule has 94 valence electrons. The molecule has 1 nitrogen and oxygen atoms in total. The van der Waals surface area contributed by atoms with Crippen molar-refractivity contribution in [3.63, 3.8) is 0 Å². The predicted octanol–water partition coefficient (Wildman–Crippen LogP) is 4.03. The number of hydrogen-bond acceptors (Lipinski definition) is 2. The Bertz CT molecular complexity index is 380. The Hall–Kier alpha value is -0.250. The highest BCUT2D eigenvalue weighted by Crippen LogP contribution is 2.26. The van der Waals surface area contributed by atoms with E-state index >= 15 is 0 Å². The smallest absolute Gasteiger partial charge is 0.124 e. The molecule has 0 bridgehead atoms. The monoisotopic (exact) mass is 273 g/mol. The van der Waals surface area contributed by atoms with Gasteiger partial charge in [0.05, 0.1) is 0 Å². The van der Waals surface area contributed by atoms with Crippen LogP contribution in [-0.2, 0) is 0 Å². The van der Waals surface area contributed by atoms with Crippen LogP contribution in [0.2, 0.25) is 5.02 Å². The fraction of sp³-hybridized carbons (Fsp3) is 0.538. The molecule has 1 heterocycles. The molecule has 4 heteroatoms. The summed E-state index contributed by atoms with van der Waals surface area (Å²) in [5, 5.41) is 4.08. The van der Waals surface area contributed by atoms with E-state index < -0.39 is 0 Å². The second-order valence-corrected chi connectivity index (χ2v) is 6.03. The van der Waals surface area contributed by atoms with Gasteiger partial charge in [-0.05, 0) is 43.2 Å². The Morgan fingerprint density at radius 2 is 2.35 bits per heavy atom. The van der Waals surface area contributed by atoms with E-state index in [-0.39, 0.29) is 11.9 Å². The molecule has 2 rings (SSSR count). The fourth-order valence-corrected chi connectivity index (χ4v) is 3.58. The van der Waals surface area contributed by atoms with Gasteiger partial charge < -0.3 is 5.32 Å². The van der Waals surface area contributed by atoms with Gasteiger partial charge in [0, 0.05) is 22.9 Å². The topological polar surface area (TPSA) is 12.0 Å². The molecule has 1 aliphatic rings. The summed E-state index contributed by atoms with van der Waals surface area (Å²) in [6.07, 6.45) is 2.49. The van der Waals surface area contributed by atoms with E-state index in [1.807, 2.05) is 11.8 Å². The summed E-state index contributed by atoms with van der Waals surface area (Å²) >= 11 is 8.05. The average molecular weight is 274 g/mol. The van der Waals surface area contributed by atoms with Crippen LogP contribution in [0.15, 0.2) is 18.2 Å². The Kier molecular flexibility index (Phi) is 4.71. The molecule has 2 unspecified atom stereocenters. The minimum atomic E-state index is -0.279. The lowest BCUT2D eigenvalue weighted by atomic mass is 10.1. The molecule has 0 radical (unpaired) electrons. The van der Waals surface area contributed by atoms with Gasteiger partial charge in [-0.25, -0.2) is 4.39 Å². The Morgan fingerprint density at radius 1 is 1.53 bits per heavy atom. The fourth-order valence-electron chi connectivity index (χ4n) is 2.17. The van der Waals surface area contributed by atoms with Crippen LogP contribution >= 0.6 is 23.4 Å². The molecule has 0 spiro atoms. The highest BCUT2D eigenvalue weighted by molar-refractivity contribution is 7.99. The zero-order chi connectivity index (χ0) is 12.3. The summed E-state index contributed by atoms with van der Waals surface area (Å²) in [5.74, 6) is 2.15. The highest BCUT2D eigenvalue weighted by Gasteiger charge is 2.18. The number of benzene rings is 1. The minimum Gasteiger partial charge on any atom is -0.307 e. The predicted molar refractivity (Wildman–Crippen MR) is 73.3 cm³/mol. The molecule has 1 fully saturated rings. The summed E-state index contributed by atoms with van der Waals surface area (Å²) < 4.78 is 13.0. The van der Waals surface area contributed by atoms with Crippen LogP contribution in [0.5, 0.6) is 0 Å². The van der Waals surface area contributed by atoms with Crippen LogP contribution in [0.25, 0.3) is 0 Å². The van der Waals surface area contributed by atoms with Crippen LogP contribution in [0.4, 0.5) is 4.39 Å². The van der Waals surface area contributed by atoms with Crippen molar-refractivity contribution in [2.45, 2.75) is 31.8 Å². The van der Waals surface area contributed by atoms with Gasteiger partial charge in [-0.1, -0.05) is 17.7 Å². The van der Waals surface area contributed by atoms with Gasteiger partial charge in [-0.15, -0.1) is 0 Å². The summed E-state index contributed by atoms with van der Waals surface area (Å²) in [5.41, 5.74) is 0.976. The SMILES string of the molecule is CC(NC1CCCSC1)c1ccc(F)cc1Cl. The van der Waals surface area contributed by atoms with E-state index in [0.29, 0.717) is 11.1 Å². The van der Waals surface area contributed by atoms with Crippen molar-refractivity contribution in [3.8, 4) is 0 Å². The quantitative estimate of drug-likeness (QED) is 0.893. The third-order valence-corrected chi connectivity index (χ3v) is 4.62. The molecule has 2 atom stereocenters. The van der Waals surface area contributed by atoms with Gasteiger partial charge in [0.2, 0.25) is 0 Å². The van der Waals surface area contributed by atoms with E-state index in [0.717, 1.165) is 11.3 Å². The molecule has 1 aliphatic heterocycles. The first-order chi connectivity index (χ1) is 8.16. The van der Waals surface area contributed by atoms with Gasteiger partial charge in [-0.2, -0.15) is 11.8 Å². The van der Waals surface area contributed by atoms with Crippen LogP contribution in [0.3, 0.4) is 0 Å². The summed E-state index contributed by atoms with van der Waals surface area (Å²) in [4.78, 5) is 0. The first-order valence-electron chi connectivity index (χ1n) is 5.95. The zero-order valence-corrected chi connectivity index (χ0v) is 11.5. The third kappa shape index (κ3) is 3.60. The van der Waals surface area contributed by atoms with Crippen molar-refractivity contribution in [3.05, 3.63) is 34.6 Å². The van der Waals surface area contributed by atoms with Crippen LogP contribution in [0, 0.1) is 5.82 Å². The van der Waals surface area contributed by atoms with Crippen molar-refractivity contribution in [2.75, 3.05) is 11.5 Å². The van der Waals surface area contributed by atoms with Crippen LogP contribution in [-0.4, -0.2) is 17.5 Å². The van der Waals surface area contributed by atoms with Crippen molar-refractivity contribution < 1.29 is 4.39 Å². The maximum atomic E-state index is 13.0. The molecule has 1 saturated heterocycles. The van der Waals surface area contributed by atoms with E-state index in [4.69, 9.17) is 11.6 Å². The molecule has 0 saturated carbocycles. The summed E-state index contributed by atoms with van der Waals surface area (Å²) in [7, 11) is 0. The number of nitrogens with one attached hydrogen (secondary N) is 1. The first kappa shape index (κ1) is 13.2. The Labute approximate surface area is 111 Å². The zero-order valence-electron chi connectivity index (χ0n) is 9.88. The van der Waals surface area contributed by atoms with Crippen molar-refractivity contribution in [2.24, 2.45) is 0 Å². The van der Waals surface area contributed by atoms with E-state index in [1.54, 1.807) is 6.07 Å². The number of thioether (sulfide) groups is 1. The third-order valence-electron chi connectivity index (χ3n) is 3.08. The molecule has 1 aromatic carbocycles. The highest BCUT2D eigenvalue weighted by atomic mass is 35.5. The van der Waals surface area contributed by atoms with Gasteiger partial charge in [0.1, 0.15) is 5.82 Å². The second kappa shape index (κ2) is 6.07. The molecular weight excluding hydrogens is 257 g/mol.